The summed E-state index contributed by atoms with van der Waals surface area (Å²) in [6.07, 6.45) is 0. The quantitative estimate of drug-likeness (QED) is 0.608. The fourth-order valence-corrected chi connectivity index (χ4v) is 3.25. The summed E-state index contributed by atoms with van der Waals surface area (Å²) < 4.78 is 0. The molecule has 0 bridgehead atoms. The summed E-state index contributed by atoms with van der Waals surface area (Å²) in [5.74, 6) is -0.0164. The molecule has 2 nitrogen and oxygen atoms in total. The van der Waals surface area contributed by atoms with Crippen molar-refractivity contribution >= 4 is 52.4 Å². The Balaban J connectivity index is 2.45. The van der Waals surface area contributed by atoms with Gasteiger partial charge in [0.2, 0.25) is 0 Å². The fraction of sp³-hybridized carbons (Fsp3) is 0. The first-order valence-corrected chi connectivity index (χ1v) is 7.19. The predicted octanol–water partition coefficient (Wildman–Crippen LogP) is 5.08. The number of amidine groups is 1. The third kappa shape index (κ3) is 3.57. The molecule has 19 heavy (non-hydrogen) atoms. The Labute approximate surface area is 130 Å². The van der Waals surface area contributed by atoms with Crippen molar-refractivity contribution in [1.82, 2.24) is 0 Å². The lowest BCUT2D eigenvalue weighted by Crippen LogP contribution is -2.12. The zero-order chi connectivity index (χ0) is 14.0. The molecular weight excluding hydrogens is 323 g/mol. The number of benzene rings is 2. The predicted molar refractivity (Wildman–Crippen MR) is 83.1 cm³/mol. The van der Waals surface area contributed by atoms with Crippen LogP contribution in [0, 0.1) is 5.41 Å². The van der Waals surface area contributed by atoms with E-state index in [-0.39, 0.29) is 5.84 Å². The topological polar surface area (TPSA) is 49.9 Å². The highest BCUT2D eigenvalue weighted by molar-refractivity contribution is 7.99. The van der Waals surface area contributed by atoms with Crippen molar-refractivity contribution in [1.29, 1.82) is 5.41 Å². The molecule has 0 unspecified atom stereocenters. The molecular formula is C13H9Cl3N2S. The standard InChI is InChI=1S/C13H9Cl3N2S/c14-7-1-3-9(13(17)18)11(5-7)19-12-6-8(15)2-4-10(12)16/h1-6H,(H3,17,18). The summed E-state index contributed by atoms with van der Waals surface area (Å²) in [6, 6.07) is 10.4. The lowest BCUT2D eigenvalue weighted by Gasteiger charge is -2.10. The molecule has 6 heteroatoms. The highest BCUT2D eigenvalue weighted by Gasteiger charge is 2.10. The molecule has 2 aromatic carbocycles. The SMILES string of the molecule is N=C(N)c1ccc(Cl)cc1Sc1cc(Cl)ccc1Cl. The Morgan fingerprint density at radius 1 is 0.947 bits per heavy atom. The van der Waals surface area contributed by atoms with Crippen LogP contribution in [0.4, 0.5) is 0 Å². The van der Waals surface area contributed by atoms with Crippen LogP contribution >= 0.6 is 46.6 Å². The third-order valence-electron chi connectivity index (χ3n) is 2.35. The van der Waals surface area contributed by atoms with Gasteiger partial charge in [0, 0.05) is 25.4 Å². The molecule has 0 aliphatic heterocycles. The van der Waals surface area contributed by atoms with Gasteiger partial charge in [-0.2, -0.15) is 0 Å². The highest BCUT2D eigenvalue weighted by Crippen LogP contribution is 2.37. The molecule has 0 radical (unpaired) electrons. The first-order valence-electron chi connectivity index (χ1n) is 5.24. The zero-order valence-corrected chi connectivity index (χ0v) is 12.7. The number of nitrogens with one attached hydrogen (secondary N) is 1. The number of nitrogen functional groups attached to an aromatic ring is 1. The molecule has 0 atom stereocenters. The van der Waals surface area contributed by atoms with E-state index in [1.165, 1.54) is 11.8 Å². The van der Waals surface area contributed by atoms with E-state index < -0.39 is 0 Å². The number of rotatable bonds is 3. The second-order valence-corrected chi connectivity index (χ2v) is 6.09. The molecule has 0 aliphatic carbocycles. The van der Waals surface area contributed by atoms with Crippen molar-refractivity contribution in [2.24, 2.45) is 5.73 Å². The van der Waals surface area contributed by atoms with Crippen molar-refractivity contribution in [2.45, 2.75) is 9.79 Å². The van der Waals surface area contributed by atoms with Gasteiger partial charge in [-0.15, -0.1) is 0 Å². The van der Waals surface area contributed by atoms with Crippen molar-refractivity contribution in [3.63, 3.8) is 0 Å². The molecule has 0 amide bonds. The Morgan fingerprint density at radius 2 is 1.53 bits per heavy atom. The molecule has 2 aromatic rings. The Bertz CT molecular complexity index is 644. The highest BCUT2D eigenvalue weighted by atomic mass is 35.5. The summed E-state index contributed by atoms with van der Waals surface area (Å²) in [5, 5.41) is 9.33. The summed E-state index contributed by atoms with van der Waals surface area (Å²) in [5.41, 5.74) is 6.17. The van der Waals surface area contributed by atoms with Crippen LogP contribution in [0.25, 0.3) is 0 Å². The average Bonchev–Trinajstić information content (AvgIpc) is 2.33. The maximum atomic E-state index is 7.57. The van der Waals surface area contributed by atoms with Crippen LogP contribution in [0.15, 0.2) is 46.2 Å². The molecule has 98 valence electrons. The zero-order valence-electron chi connectivity index (χ0n) is 9.58. The molecule has 0 saturated carbocycles. The Kier molecular flexibility index (Phi) is 4.63. The van der Waals surface area contributed by atoms with Crippen LogP contribution in [0.1, 0.15) is 5.56 Å². The smallest absolute Gasteiger partial charge is 0.123 e. The summed E-state index contributed by atoms with van der Waals surface area (Å²) >= 11 is 19.4. The van der Waals surface area contributed by atoms with Gasteiger partial charge in [0.05, 0.1) is 5.02 Å². The molecule has 0 saturated heterocycles. The number of nitrogens with two attached hydrogens (primary N) is 1. The van der Waals surface area contributed by atoms with Crippen molar-refractivity contribution in [3.05, 3.63) is 57.0 Å². The normalized spacial score (nSPS) is 10.5. The van der Waals surface area contributed by atoms with E-state index in [4.69, 9.17) is 45.9 Å². The monoisotopic (exact) mass is 330 g/mol. The van der Waals surface area contributed by atoms with Crippen molar-refractivity contribution < 1.29 is 0 Å². The molecule has 0 fully saturated rings. The molecule has 0 aromatic heterocycles. The second-order valence-electron chi connectivity index (χ2n) is 3.73. The summed E-state index contributed by atoms with van der Waals surface area (Å²) in [7, 11) is 0. The van der Waals surface area contributed by atoms with Crippen LogP contribution in [-0.2, 0) is 0 Å². The van der Waals surface area contributed by atoms with E-state index in [0.717, 1.165) is 9.79 Å². The van der Waals surface area contributed by atoms with Gasteiger partial charge in [-0.05, 0) is 36.4 Å². The minimum atomic E-state index is -0.0164. The number of halogens is 3. The first-order chi connectivity index (χ1) is 8.97. The number of hydrogen-bond donors (Lipinski definition) is 2. The van der Waals surface area contributed by atoms with Crippen LogP contribution < -0.4 is 5.73 Å². The largest absolute Gasteiger partial charge is 0.384 e. The molecule has 3 N–H and O–H groups in total. The van der Waals surface area contributed by atoms with E-state index in [0.29, 0.717) is 20.6 Å². The first kappa shape index (κ1) is 14.5. The van der Waals surface area contributed by atoms with E-state index in [9.17, 15) is 0 Å². The van der Waals surface area contributed by atoms with Gasteiger partial charge in [-0.3, -0.25) is 5.41 Å². The maximum absolute atomic E-state index is 7.57. The fourth-order valence-electron chi connectivity index (χ4n) is 1.48. The maximum Gasteiger partial charge on any atom is 0.123 e. The van der Waals surface area contributed by atoms with Gasteiger partial charge >= 0.3 is 0 Å². The minimum absolute atomic E-state index is 0.0164. The van der Waals surface area contributed by atoms with Crippen molar-refractivity contribution in [3.8, 4) is 0 Å². The van der Waals surface area contributed by atoms with Gasteiger partial charge in [0.1, 0.15) is 5.84 Å². The van der Waals surface area contributed by atoms with Crippen LogP contribution in [-0.4, -0.2) is 5.84 Å². The van der Waals surface area contributed by atoms with Gasteiger partial charge < -0.3 is 5.73 Å². The second kappa shape index (κ2) is 6.06. The van der Waals surface area contributed by atoms with Crippen molar-refractivity contribution in [2.75, 3.05) is 0 Å². The average molecular weight is 332 g/mol. The molecule has 0 aliphatic rings. The summed E-state index contributed by atoms with van der Waals surface area (Å²) in [6.45, 7) is 0. The van der Waals surface area contributed by atoms with Gasteiger partial charge in [-0.25, -0.2) is 0 Å². The van der Waals surface area contributed by atoms with Gasteiger partial charge in [-0.1, -0.05) is 46.6 Å². The molecule has 2 rings (SSSR count). The minimum Gasteiger partial charge on any atom is -0.384 e. The summed E-state index contributed by atoms with van der Waals surface area (Å²) in [4.78, 5) is 1.56. The molecule has 0 spiro atoms. The van der Waals surface area contributed by atoms with E-state index >= 15 is 0 Å². The Hall–Kier alpha value is -0.870. The van der Waals surface area contributed by atoms with E-state index in [2.05, 4.69) is 0 Å². The van der Waals surface area contributed by atoms with Gasteiger partial charge in [0.25, 0.3) is 0 Å². The lowest BCUT2D eigenvalue weighted by molar-refractivity contribution is 1.33. The number of hydrogen-bond acceptors (Lipinski definition) is 2. The van der Waals surface area contributed by atoms with Crippen LogP contribution in [0.2, 0.25) is 15.1 Å². The Morgan fingerprint density at radius 3 is 2.16 bits per heavy atom. The van der Waals surface area contributed by atoms with Gasteiger partial charge in [0.15, 0.2) is 0 Å². The lowest BCUT2D eigenvalue weighted by atomic mass is 10.2. The third-order valence-corrected chi connectivity index (χ3v) is 4.37. The van der Waals surface area contributed by atoms with Crippen LogP contribution in [0.3, 0.4) is 0 Å². The van der Waals surface area contributed by atoms with E-state index in [1.54, 1.807) is 36.4 Å². The van der Waals surface area contributed by atoms with E-state index in [1.807, 2.05) is 0 Å². The van der Waals surface area contributed by atoms with Crippen LogP contribution in [0.5, 0.6) is 0 Å². The molecule has 0 heterocycles.